The summed E-state index contributed by atoms with van der Waals surface area (Å²) < 4.78 is 40.9. The van der Waals surface area contributed by atoms with Crippen LogP contribution in [0.1, 0.15) is 44.1 Å². The normalized spacial score (nSPS) is 31.7. The number of halogens is 3. The number of benzene rings is 1. The number of amides is 1. The van der Waals surface area contributed by atoms with Gasteiger partial charge in [-0.3, -0.25) is 9.69 Å². The van der Waals surface area contributed by atoms with Crippen molar-refractivity contribution in [1.29, 1.82) is 0 Å². The van der Waals surface area contributed by atoms with Crippen molar-refractivity contribution in [2.75, 3.05) is 19.6 Å². The van der Waals surface area contributed by atoms with E-state index in [9.17, 15) is 18.0 Å². The van der Waals surface area contributed by atoms with E-state index in [0.29, 0.717) is 30.5 Å². The fourth-order valence-electron chi connectivity index (χ4n) is 6.22. The summed E-state index contributed by atoms with van der Waals surface area (Å²) in [7, 11) is 0. The molecule has 3 fully saturated rings. The van der Waals surface area contributed by atoms with Crippen molar-refractivity contribution in [3.63, 3.8) is 0 Å². The lowest BCUT2D eigenvalue weighted by Gasteiger charge is -2.54. The zero-order chi connectivity index (χ0) is 20.1. The molecular formula is C23H27F3N2O. The maximum absolute atomic E-state index is 14.1. The van der Waals surface area contributed by atoms with Crippen LogP contribution in [0.4, 0.5) is 13.2 Å². The highest BCUT2D eigenvalue weighted by Gasteiger charge is 2.46. The van der Waals surface area contributed by atoms with Gasteiger partial charge in [0, 0.05) is 30.8 Å². The highest BCUT2D eigenvalue weighted by atomic mass is 19.2. The van der Waals surface area contributed by atoms with Crippen molar-refractivity contribution >= 4 is 5.91 Å². The molecule has 4 atom stereocenters. The predicted octanol–water partition coefficient (Wildman–Crippen LogP) is 4.07. The van der Waals surface area contributed by atoms with Crippen LogP contribution in [0.2, 0.25) is 0 Å². The molecule has 156 valence electrons. The smallest absolute Gasteiger partial charge is 0.227 e. The first-order valence-corrected chi connectivity index (χ1v) is 10.9. The van der Waals surface area contributed by atoms with Gasteiger partial charge < -0.3 is 4.90 Å². The van der Waals surface area contributed by atoms with E-state index in [2.05, 4.69) is 11.0 Å². The van der Waals surface area contributed by atoms with Gasteiger partial charge >= 0.3 is 0 Å². The second-order valence-corrected chi connectivity index (χ2v) is 9.13. The van der Waals surface area contributed by atoms with Crippen LogP contribution in [0.15, 0.2) is 23.8 Å². The van der Waals surface area contributed by atoms with Crippen LogP contribution in [0.5, 0.6) is 0 Å². The average molecular weight is 404 g/mol. The van der Waals surface area contributed by atoms with Crippen molar-refractivity contribution in [2.24, 2.45) is 11.8 Å². The number of piperidine rings is 3. The van der Waals surface area contributed by atoms with Crippen molar-refractivity contribution in [3.05, 3.63) is 46.8 Å². The van der Waals surface area contributed by atoms with Gasteiger partial charge in [0.05, 0.1) is 12.5 Å². The molecule has 0 spiro atoms. The van der Waals surface area contributed by atoms with E-state index in [4.69, 9.17) is 0 Å². The van der Waals surface area contributed by atoms with E-state index in [0.717, 1.165) is 38.4 Å². The molecule has 29 heavy (non-hydrogen) atoms. The summed E-state index contributed by atoms with van der Waals surface area (Å²) in [5, 5.41) is 0. The standard InChI is InChI=1S/C23H27F3N2O/c24-18-12-20(26)19(25)10-15(18)11-22(29)28-7-3-4-14-8-16-9-17(23(14)28)13-27-6-2-1-5-21(16)27/h8,10,12,16-17,21,23H,1-7,9,11,13H2/t16-,17-,21?,23?/m0/s1. The maximum Gasteiger partial charge on any atom is 0.227 e. The van der Waals surface area contributed by atoms with Crippen LogP contribution in [0.25, 0.3) is 0 Å². The molecule has 3 saturated heterocycles. The van der Waals surface area contributed by atoms with Crippen molar-refractivity contribution < 1.29 is 18.0 Å². The van der Waals surface area contributed by atoms with Crippen LogP contribution in [-0.2, 0) is 11.2 Å². The number of fused-ring (bicyclic) bond motifs is 6. The molecule has 3 heterocycles. The summed E-state index contributed by atoms with van der Waals surface area (Å²) in [5.74, 6) is -2.39. The molecular weight excluding hydrogens is 377 g/mol. The Morgan fingerprint density at radius 1 is 1.03 bits per heavy atom. The van der Waals surface area contributed by atoms with Crippen molar-refractivity contribution in [3.8, 4) is 0 Å². The maximum atomic E-state index is 14.1. The first-order valence-electron chi connectivity index (χ1n) is 10.9. The van der Waals surface area contributed by atoms with Crippen LogP contribution in [-0.4, -0.2) is 47.4 Å². The minimum Gasteiger partial charge on any atom is -0.335 e. The Labute approximate surface area is 169 Å². The van der Waals surface area contributed by atoms with Crippen molar-refractivity contribution in [1.82, 2.24) is 9.80 Å². The molecule has 4 aliphatic rings. The van der Waals surface area contributed by atoms with E-state index in [1.165, 1.54) is 24.8 Å². The van der Waals surface area contributed by atoms with Crippen LogP contribution < -0.4 is 0 Å². The van der Waals surface area contributed by atoms with Gasteiger partial charge in [0.1, 0.15) is 5.82 Å². The summed E-state index contributed by atoms with van der Waals surface area (Å²) in [4.78, 5) is 17.6. The summed E-state index contributed by atoms with van der Waals surface area (Å²) >= 11 is 0. The minimum absolute atomic E-state index is 0.0709. The van der Waals surface area contributed by atoms with E-state index >= 15 is 0 Å². The summed E-state index contributed by atoms with van der Waals surface area (Å²) in [6.45, 7) is 2.81. The fourth-order valence-corrected chi connectivity index (χ4v) is 6.22. The van der Waals surface area contributed by atoms with Gasteiger partial charge in [-0.25, -0.2) is 13.2 Å². The Hall–Kier alpha value is -1.82. The van der Waals surface area contributed by atoms with Gasteiger partial charge in [-0.15, -0.1) is 0 Å². The fraction of sp³-hybridized carbons (Fsp3) is 0.609. The van der Waals surface area contributed by atoms with E-state index in [-0.39, 0.29) is 23.9 Å². The third-order valence-corrected chi connectivity index (χ3v) is 7.41. The first-order chi connectivity index (χ1) is 14.0. The third kappa shape index (κ3) is 3.39. The largest absolute Gasteiger partial charge is 0.335 e. The minimum atomic E-state index is -1.22. The lowest BCUT2D eigenvalue weighted by molar-refractivity contribution is -0.135. The van der Waals surface area contributed by atoms with Gasteiger partial charge in [-0.2, -0.15) is 0 Å². The second kappa shape index (κ2) is 7.46. The quantitative estimate of drug-likeness (QED) is 0.548. The molecule has 1 aliphatic carbocycles. The predicted molar refractivity (Wildman–Crippen MR) is 104 cm³/mol. The number of rotatable bonds is 2. The zero-order valence-electron chi connectivity index (χ0n) is 16.5. The van der Waals surface area contributed by atoms with Gasteiger partial charge in [-0.05, 0) is 56.6 Å². The molecule has 0 N–H and O–H groups in total. The van der Waals surface area contributed by atoms with Crippen LogP contribution in [0, 0.1) is 29.3 Å². The SMILES string of the molecule is O=C(Cc1cc(F)c(F)cc1F)N1CCCC2=C[C@H]3C[C@@H](CN4CCCCC34)C21. The summed E-state index contributed by atoms with van der Waals surface area (Å²) in [5.41, 5.74) is 1.29. The highest BCUT2D eigenvalue weighted by molar-refractivity contribution is 5.80. The second-order valence-electron chi connectivity index (χ2n) is 9.13. The molecule has 2 bridgehead atoms. The lowest BCUT2D eigenvalue weighted by Crippen LogP contribution is -2.60. The Morgan fingerprint density at radius 3 is 2.72 bits per heavy atom. The summed E-state index contributed by atoms with van der Waals surface area (Å²) in [6.07, 6.45) is 9.06. The lowest BCUT2D eigenvalue weighted by atomic mass is 9.68. The number of carbonyl (C=O) groups is 1. The Morgan fingerprint density at radius 2 is 1.86 bits per heavy atom. The molecule has 5 rings (SSSR count). The molecule has 2 unspecified atom stereocenters. The molecule has 0 aromatic heterocycles. The molecule has 6 heteroatoms. The number of hydrogen-bond acceptors (Lipinski definition) is 2. The average Bonchev–Trinajstić information content (AvgIpc) is 2.71. The molecule has 3 nitrogen and oxygen atoms in total. The van der Waals surface area contributed by atoms with E-state index in [1.807, 2.05) is 4.90 Å². The molecule has 1 amide bonds. The highest BCUT2D eigenvalue weighted by Crippen LogP contribution is 2.45. The Balaban J connectivity index is 1.39. The van der Waals surface area contributed by atoms with Crippen LogP contribution >= 0.6 is 0 Å². The third-order valence-electron chi connectivity index (χ3n) is 7.41. The van der Waals surface area contributed by atoms with Gasteiger partial charge in [-0.1, -0.05) is 18.1 Å². The Kier molecular flexibility index (Phi) is 4.93. The van der Waals surface area contributed by atoms with E-state index < -0.39 is 17.5 Å². The molecule has 1 aromatic rings. The Bertz CT molecular complexity index is 855. The number of nitrogens with zero attached hydrogens (tertiary/aromatic N) is 2. The number of likely N-dealkylation sites (tertiary alicyclic amines) is 1. The molecule has 1 aromatic carbocycles. The van der Waals surface area contributed by atoms with Gasteiger partial charge in [0.25, 0.3) is 0 Å². The first kappa shape index (κ1) is 19.2. The summed E-state index contributed by atoms with van der Waals surface area (Å²) in [6, 6.07) is 2.07. The molecule has 3 aliphatic heterocycles. The monoisotopic (exact) mass is 404 g/mol. The zero-order valence-corrected chi connectivity index (χ0v) is 16.5. The number of hydrogen-bond donors (Lipinski definition) is 0. The topological polar surface area (TPSA) is 23.6 Å². The van der Waals surface area contributed by atoms with Crippen LogP contribution in [0.3, 0.4) is 0 Å². The van der Waals surface area contributed by atoms with E-state index in [1.54, 1.807) is 0 Å². The van der Waals surface area contributed by atoms with Crippen molar-refractivity contribution in [2.45, 2.75) is 57.0 Å². The van der Waals surface area contributed by atoms with Gasteiger partial charge in [0.2, 0.25) is 5.91 Å². The number of carbonyl (C=O) groups excluding carboxylic acids is 1. The van der Waals surface area contributed by atoms with Gasteiger partial charge in [0.15, 0.2) is 11.6 Å². The molecule has 0 saturated carbocycles. The molecule has 0 radical (unpaired) electrons.